The average molecular weight is 290 g/mol. The number of amides is 1. The molecule has 21 heavy (non-hydrogen) atoms. The van der Waals surface area contributed by atoms with E-state index in [-0.39, 0.29) is 18.7 Å². The van der Waals surface area contributed by atoms with Crippen molar-refractivity contribution in [1.82, 2.24) is 20.3 Å². The maximum absolute atomic E-state index is 11.8. The standard InChI is InChI=1S/C13H14N4O4/c18-11(13(20)21)6-7-14-12(19)10-8-15-17(16-10)9-4-2-1-3-5-9/h1-5,8,11,18H,6-7H2,(H,14,19)(H,20,21). The number of aliphatic hydroxyl groups is 1. The molecule has 0 saturated heterocycles. The lowest BCUT2D eigenvalue weighted by Gasteiger charge is -2.05. The number of hydrogen-bond donors (Lipinski definition) is 3. The predicted molar refractivity (Wildman–Crippen MR) is 72.0 cm³/mol. The quantitative estimate of drug-likeness (QED) is 0.680. The second-order valence-electron chi connectivity index (χ2n) is 4.25. The Balaban J connectivity index is 1.92. The molecular weight excluding hydrogens is 276 g/mol. The van der Waals surface area contributed by atoms with Gasteiger partial charge in [0.1, 0.15) is 0 Å². The second kappa shape index (κ2) is 6.62. The number of benzene rings is 1. The van der Waals surface area contributed by atoms with E-state index >= 15 is 0 Å². The predicted octanol–water partition coefficient (Wildman–Crippen LogP) is -0.167. The number of carbonyl (C=O) groups is 2. The minimum Gasteiger partial charge on any atom is -0.479 e. The summed E-state index contributed by atoms with van der Waals surface area (Å²) in [6, 6.07) is 9.10. The summed E-state index contributed by atoms with van der Waals surface area (Å²) >= 11 is 0. The molecule has 1 amide bonds. The van der Waals surface area contributed by atoms with Crippen LogP contribution in [0.15, 0.2) is 36.5 Å². The lowest BCUT2D eigenvalue weighted by atomic mass is 10.2. The third-order valence-corrected chi connectivity index (χ3v) is 2.70. The molecule has 8 nitrogen and oxygen atoms in total. The van der Waals surface area contributed by atoms with Gasteiger partial charge in [0.25, 0.3) is 5.91 Å². The van der Waals surface area contributed by atoms with Gasteiger partial charge in [-0.15, -0.1) is 5.10 Å². The molecule has 8 heteroatoms. The molecule has 0 aliphatic rings. The molecule has 0 bridgehead atoms. The summed E-state index contributed by atoms with van der Waals surface area (Å²) in [6.07, 6.45) is -0.255. The summed E-state index contributed by atoms with van der Waals surface area (Å²) in [7, 11) is 0. The van der Waals surface area contributed by atoms with Crippen LogP contribution in [-0.4, -0.2) is 49.7 Å². The van der Waals surface area contributed by atoms with Gasteiger partial charge in [-0.05, 0) is 12.1 Å². The fourth-order valence-electron chi connectivity index (χ4n) is 1.59. The number of nitrogens with one attached hydrogen (secondary N) is 1. The topological polar surface area (TPSA) is 117 Å². The Morgan fingerprint density at radius 1 is 1.29 bits per heavy atom. The number of carboxylic acids is 1. The first-order valence-corrected chi connectivity index (χ1v) is 6.25. The molecule has 3 N–H and O–H groups in total. The van der Waals surface area contributed by atoms with Crippen LogP contribution in [0.25, 0.3) is 5.69 Å². The van der Waals surface area contributed by atoms with Gasteiger partial charge in [0.15, 0.2) is 11.8 Å². The van der Waals surface area contributed by atoms with Crippen molar-refractivity contribution in [1.29, 1.82) is 0 Å². The minimum absolute atomic E-state index is 0.0322. The maximum Gasteiger partial charge on any atom is 0.332 e. The van der Waals surface area contributed by atoms with Crippen LogP contribution in [0.4, 0.5) is 0 Å². The molecule has 1 aromatic carbocycles. The molecule has 0 aliphatic heterocycles. The van der Waals surface area contributed by atoms with Crippen LogP contribution in [0.2, 0.25) is 0 Å². The van der Waals surface area contributed by atoms with Crippen molar-refractivity contribution in [3.8, 4) is 5.69 Å². The highest BCUT2D eigenvalue weighted by atomic mass is 16.4. The number of carbonyl (C=O) groups excluding carboxylic acids is 1. The highest BCUT2D eigenvalue weighted by Gasteiger charge is 2.15. The highest BCUT2D eigenvalue weighted by molar-refractivity contribution is 5.91. The first kappa shape index (κ1) is 14.7. The van der Waals surface area contributed by atoms with Crippen LogP contribution in [-0.2, 0) is 4.79 Å². The molecule has 0 aliphatic carbocycles. The number of nitrogens with zero attached hydrogens (tertiary/aromatic N) is 3. The lowest BCUT2D eigenvalue weighted by molar-refractivity contribution is -0.146. The molecule has 110 valence electrons. The van der Waals surface area contributed by atoms with E-state index in [4.69, 9.17) is 10.2 Å². The van der Waals surface area contributed by atoms with Crippen molar-refractivity contribution in [2.45, 2.75) is 12.5 Å². The number of aliphatic carboxylic acids is 1. The Labute approximate surface area is 120 Å². The molecular formula is C13H14N4O4. The molecule has 2 aromatic rings. The van der Waals surface area contributed by atoms with Crippen LogP contribution >= 0.6 is 0 Å². The average Bonchev–Trinajstić information content (AvgIpc) is 2.97. The first-order valence-electron chi connectivity index (χ1n) is 6.25. The van der Waals surface area contributed by atoms with Crippen LogP contribution in [0.3, 0.4) is 0 Å². The van der Waals surface area contributed by atoms with Gasteiger partial charge in [-0.25, -0.2) is 4.79 Å². The van der Waals surface area contributed by atoms with Gasteiger partial charge in [0.2, 0.25) is 0 Å². The van der Waals surface area contributed by atoms with E-state index in [1.165, 1.54) is 11.0 Å². The molecule has 0 radical (unpaired) electrons. The van der Waals surface area contributed by atoms with Gasteiger partial charge >= 0.3 is 5.97 Å². The molecule has 1 aromatic heterocycles. The number of hydrogen-bond acceptors (Lipinski definition) is 5. The first-order chi connectivity index (χ1) is 10.1. The molecule has 0 fully saturated rings. The Kier molecular flexibility index (Phi) is 4.62. The lowest BCUT2D eigenvalue weighted by Crippen LogP contribution is -2.30. The summed E-state index contributed by atoms with van der Waals surface area (Å²) < 4.78 is 0. The summed E-state index contributed by atoms with van der Waals surface area (Å²) in [5.41, 5.74) is 0.835. The van der Waals surface area contributed by atoms with E-state index < -0.39 is 18.0 Å². The van der Waals surface area contributed by atoms with Crippen LogP contribution < -0.4 is 5.32 Å². The summed E-state index contributed by atoms with van der Waals surface area (Å²) in [4.78, 5) is 23.5. The third-order valence-electron chi connectivity index (χ3n) is 2.70. The zero-order valence-corrected chi connectivity index (χ0v) is 11.0. The fourth-order valence-corrected chi connectivity index (χ4v) is 1.59. The van der Waals surface area contributed by atoms with Crippen molar-refractivity contribution >= 4 is 11.9 Å². The molecule has 1 atom stereocenters. The van der Waals surface area contributed by atoms with E-state index in [9.17, 15) is 9.59 Å². The van der Waals surface area contributed by atoms with Gasteiger partial charge < -0.3 is 15.5 Å². The van der Waals surface area contributed by atoms with Gasteiger partial charge in [0, 0.05) is 13.0 Å². The van der Waals surface area contributed by atoms with E-state index in [1.54, 1.807) is 12.1 Å². The zero-order chi connectivity index (χ0) is 15.2. The van der Waals surface area contributed by atoms with Crippen molar-refractivity contribution in [3.05, 3.63) is 42.2 Å². The normalized spacial score (nSPS) is 11.9. The Bertz CT molecular complexity index is 626. The highest BCUT2D eigenvalue weighted by Crippen LogP contribution is 2.04. The van der Waals surface area contributed by atoms with E-state index in [1.807, 2.05) is 18.2 Å². The maximum atomic E-state index is 11.8. The van der Waals surface area contributed by atoms with Gasteiger partial charge in [-0.2, -0.15) is 9.90 Å². The van der Waals surface area contributed by atoms with E-state index in [2.05, 4.69) is 15.5 Å². The Hall–Kier alpha value is -2.74. The van der Waals surface area contributed by atoms with Gasteiger partial charge in [-0.3, -0.25) is 4.79 Å². The summed E-state index contributed by atoms with van der Waals surface area (Å²) in [5.74, 6) is -1.80. The van der Waals surface area contributed by atoms with E-state index in [0.29, 0.717) is 0 Å². The monoisotopic (exact) mass is 290 g/mol. The second-order valence-corrected chi connectivity index (χ2v) is 4.25. The fraction of sp³-hybridized carbons (Fsp3) is 0.231. The molecule has 0 spiro atoms. The van der Waals surface area contributed by atoms with E-state index in [0.717, 1.165) is 5.69 Å². The smallest absolute Gasteiger partial charge is 0.332 e. The van der Waals surface area contributed by atoms with Gasteiger partial charge in [-0.1, -0.05) is 18.2 Å². The number of rotatable bonds is 6. The minimum atomic E-state index is -1.50. The number of aromatic nitrogens is 3. The third kappa shape index (κ3) is 3.86. The number of carboxylic acid groups (broad SMARTS) is 1. The van der Waals surface area contributed by atoms with Crippen LogP contribution in [0, 0.1) is 0 Å². The van der Waals surface area contributed by atoms with Crippen molar-refractivity contribution in [3.63, 3.8) is 0 Å². The Morgan fingerprint density at radius 2 is 2.00 bits per heavy atom. The van der Waals surface area contributed by atoms with Crippen LogP contribution in [0.1, 0.15) is 16.9 Å². The molecule has 1 heterocycles. The molecule has 2 rings (SSSR count). The summed E-state index contributed by atoms with van der Waals surface area (Å²) in [5, 5.41) is 28.1. The van der Waals surface area contributed by atoms with Crippen molar-refractivity contribution in [2.24, 2.45) is 0 Å². The molecule has 1 unspecified atom stereocenters. The number of aliphatic hydroxyl groups excluding tert-OH is 1. The largest absolute Gasteiger partial charge is 0.479 e. The van der Waals surface area contributed by atoms with Crippen molar-refractivity contribution in [2.75, 3.05) is 6.54 Å². The SMILES string of the molecule is O=C(NCCC(O)C(=O)O)c1cnn(-c2ccccc2)n1. The molecule has 0 saturated carbocycles. The Morgan fingerprint density at radius 3 is 2.67 bits per heavy atom. The number of para-hydroxylation sites is 1. The zero-order valence-electron chi connectivity index (χ0n) is 11.0. The van der Waals surface area contributed by atoms with Crippen LogP contribution in [0.5, 0.6) is 0 Å². The van der Waals surface area contributed by atoms with Gasteiger partial charge in [0.05, 0.1) is 11.9 Å². The van der Waals surface area contributed by atoms with Crippen molar-refractivity contribution < 1.29 is 19.8 Å². The summed E-state index contributed by atoms with van der Waals surface area (Å²) in [6.45, 7) is 0.0322.